The molecule has 0 aliphatic heterocycles. The normalized spacial score (nSPS) is 11.2. The monoisotopic (exact) mass is 257 g/mol. The van der Waals surface area contributed by atoms with Gasteiger partial charge in [-0.15, -0.1) is 5.10 Å². The first kappa shape index (κ1) is 14.0. The Bertz CT molecular complexity index is 363. The van der Waals surface area contributed by atoms with Crippen LogP contribution in [0.4, 0.5) is 0 Å². The smallest absolute Gasteiger partial charge is 0.230 e. The molecule has 7 heteroatoms. The van der Waals surface area contributed by atoms with E-state index in [0.717, 1.165) is 6.54 Å². The summed E-state index contributed by atoms with van der Waals surface area (Å²) in [7, 11) is 0. The molecule has 1 N–H and O–H groups in total. The van der Waals surface area contributed by atoms with Gasteiger partial charge in [-0.2, -0.15) is 0 Å². The van der Waals surface area contributed by atoms with E-state index in [1.165, 1.54) is 11.8 Å². The highest BCUT2D eigenvalue weighted by Gasteiger charge is 2.11. The maximum absolute atomic E-state index is 11.5. The average molecular weight is 257 g/mol. The lowest BCUT2D eigenvalue weighted by molar-refractivity contribution is -0.119. The van der Waals surface area contributed by atoms with Crippen LogP contribution < -0.4 is 5.32 Å². The maximum atomic E-state index is 11.5. The Balaban J connectivity index is 2.46. The molecular weight excluding hydrogens is 238 g/mol. The van der Waals surface area contributed by atoms with Gasteiger partial charge in [-0.3, -0.25) is 4.79 Å². The van der Waals surface area contributed by atoms with Gasteiger partial charge in [-0.25, -0.2) is 4.68 Å². The van der Waals surface area contributed by atoms with Crippen LogP contribution in [-0.4, -0.2) is 37.9 Å². The SMILES string of the molecule is CC(C)Cn1nnnc1SCC(=O)NC(C)C. The minimum atomic E-state index is 0.00379. The van der Waals surface area contributed by atoms with Crippen LogP contribution in [0.3, 0.4) is 0 Å². The molecular formula is C10H19N5OS. The predicted molar refractivity (Wildman–Crippen MR) is 66.7 cm³/mol. The Labute approximate surface area is 106 Å². The zero-order valence-electron chi connectivity index (χ0n) is 10.7. The average Bonchev–Trinajstić information content (AvgIpc) is 2.60. The molecule has 0 radical (unpaired) electrons. The van der Waals surface area contributed by atoms with E-state index < -0.39 is 0 Å². The third-order valence-electron chi connectivity index (χ3n) is 1.82. The lowest BCUT2D eigenvalue weighted by atomic mass is 10.2. The molecule has 0 spiro atoms. The van der Waals surface area contributed by atoms with Gasteiger partial charge in [0, 0.05) is 12.6 Å². The molecule has 1 amide bonds. The van der Waals surface area contributed by atoms with Gasteiger partial charge in [0.15, 0.2) is 0 Å². The lowest BCUT2D eigenvalue weighted by Crippen LogP contribution is -2.31. The van der Waals surface area contributed by atoms with Crippen molar-refractivity contribution in [3.05, 3.63) is 0 Å². The fraction of sp³-hybridized carbons (Fsp3) is 0.800. The first-order valence-electron chi connectivity index (χ1n) is 5.67. The largest absolute Gasteiger partial charge is 0.353 e. The Morgan fingerprint density at radius 3 is 2.71 bits per heavy atom. The number of hydrogen-bond donors (Lipinski definition) is 1. The Morgan fingerprint density at radius 1 is 1.41 bits per heavy atom. The summed E-state index contributed by atoms with van der Waals surface area (Å²) in [6.45, 7) is 8.83. The minimum Gasteiger partial charge on any atom is -0.353 e. The van der Waals surface area contributed by atoms with Crippen molar-refractivity contribution < 1.29 is 4.79 Å². The molecule has 0 fully saturated rings. The van der Waals surface area contributed by atoms with Gasteiger partial charge < -0.3 is 5.32 Å². The second-order valence-corrected chi connectivity index (χ2v) is 5.49. The van der Waals surface area contributed by atoms with Gasteiger partial charge >= 0.3 is 0 Å². The molecule has 1 heterocycles. The topological polar surface area (TPSA) is 72.7 Å². The van der Waals surface area contributed by atoms with Crippen LogP contribution in [0.5, 0.6) is 0 Å². The zero-order chi connectivity index (χ0) is 12.8. The summed E-state index contributed by atoms with van der Waals surface area (Å²) in [4.78, 5) is 11.5. The van der Waals surface area contributed by atoms with Crippen molar-refractivity contribution in [2.45, 2.75) is 45.4 Å². The van der Waals surface area contributed by atoms with Gasteiger partial charge in [0.1, 0.15) is 0 Å². The van der Waals surface area contributed by atoms with Gasteiger partial charge in [-0.05, 0) is 30.2 Å². The fourth-order valence-corrected chi connectivity index (χ4v) is 1.95. The van der Waals surface area contributed by atoms with Gasteiger partial charge in [0.05, 0.1) is 5.75 Å². The van der Waals surface area contributed by atoms with E-state index in [2.05, 4.69) is 34.7 Å². The molecule has 1 aromatic heterocycles. The fourth-order valence-electron chi connectivity index (χ4n) is 1.25. The number of thioether (sulfide) groups is 1. The highest BCUT2D eigenvalue weighted by Crippen LogP contribution is 2.14. The van der Waals surface area contributed by atoms with Crippen LogP contribution in [0.15, 0.2) is 5.16 Å². The number of nitrogens with zero attached hydrogens (tertiary/aromatic N) is 4. The number of nitrogens with one attached hydrogen (secondary N) is 1. The molecule has 0 aromatic carbocycles. The molecule has 0 aliphatic rings. The Hall–Kier alpha value is -1.11. The first-order valence-corrected chi connectivity index (χ1v) is 6.66. The number of hydrogen-bond acceptors (Lipinski definition) is 5. The van der Waals surface area contributed by atoms with Crippen LogP contribution in [0.25, 0.3) is 0 Å². The summed E-state index contributed by atoms with van der Waals surface area (Å²) < 4.78 is 1.73. The molecule has 0 saturated heterocycles. The van der Waals surface area contributed by atoms with E-state index in [-0.39, 0.29) is 11.9 Å². The lowest BCUT2D eigenvalue weighted by Gasteiger charge is -2.08. The third kappa shape index (κ3) is 5.16. The van der Waals surface area contributed by atoms with E-state index >= 15 is 0 Å². The van der Waals surface area contributed by atoms with E-state index in [1.807, 2.05) is 13.8 Å². The van der Waals surface area contributed by atoms with Crippen molar-refractivity contribution in [1.29, 1.82) is 0 Å². The van der Waals surface area contributed by atoms with Crippen LogP contribution >= 0.6 is 11.8 Å². The number of tetrazole rings is 1. The number of aromatic nitrogens is 4. The van der Waals surface area contributed by atoms with E-state index in [9.17, 15) is 4.79 Å². The number of carbonyl (C=O) groups is 1. The number of rotatable bonds is 6. The molecule has 0 aliphatic carbocycles. The summed E-state index contributed by atoms with van der Waals surface area (Å²) in [6, 6.07) is 0.162. The van der Waals surface area contributed by atoms with Crippen molar-refractivity contribution in [3.63, 3.8) is 0 Å². The second-order valence-electron chi connectivity index (χ2n) is 4.55. The summed E-state index contributed by atoms with van der Waals surface area (Å²) in [5.41, 5.74) is 0. The van der Waals surface area contributed by atoms with Crippen molar-refractivity contribution in [2.24, 2.45) is 5.92 Å². The van der Waals surface area contributed by atoms with Crippen molar-refractivity contribution in [2.75, 3.05) is 5.75 Å². The van der Waals surface area contributed by atoms with Crippen LogP contribution in [-0.2, 0) is 11.3 Å². The van der Waals surface area contributed by atoms with E-state index in [0.29, 0.717) is 16.8 Å². The molecule has 17 heavy (non-hydrogen) atoms. The third-order valence-corrected chi connectivity index (χ3v) is 2.78. The molecule has 0 atom stereocenters. The Kier molecular flexibility index (Phi) is 5.40. The highest BCUT2D eigenvalue weighted by atomic mass is 32.2. The molecule has 0 unspecified atom stereocenters. The van der Waals surface area contributed by atoms with Crippen LogP contribution in [0, 0.1) is 5.92 Å². The van der Waals surface area contributed by atoms with Crippen LogP contribution in [0.1, 0.15) is 27.7 Å². The highest BCUT2D eigenvalue weighted by molar-refractivity contribution is 7.99. The van der Waals surface area contributed by atoms with Crippen molar-refractivity contribution in [1.82, 2.24) is 25.5 Å². The molecule has 6 nitrogen and oxygen atoms in total. The van der Waals surface area contributed by atoms with E-state index in [4.69, 9.17) is 0 Å². The summed E-state index contributed by atoms with van der Waals surface area (Å²) >= 11 is 1.36. The van der Waals surface area contributed by atoms with Crippen molar-refractivity contribution in [3.8, 4) is 0 Å². The van der Waals surface area contributed by atoms with Crippen LogP contribution in [0.2, 0.25) is 0 Å². The summed E-state index contributed by atoms with van der Waals surface area (Å²) in [5, 5.41) is 14.9. The quantitative estimate of drug-likeness (QED) is 0.768. The number of amides is 1. The summed E-state index contributed by atoms with van der Waals surface area (Å²) in [6.07, 6.45) is 0. The van der Waals surface area contributed by atoms with Gasteiger partial charge in [0.2, 0.25) is 11.1 Å². The van der Waals surface area contributed by atoms with Gasteiger partial charge in [0.25, 0.3) is 0 Å². The number of carbonyl (C=O) groups excluding carboxylic acids is 1. The minimum absolute atomic E-state index is 0.00379. The zero-order valence-corrected chi connectivity index (χ0v) is 11.5. The standard InChI is InChI=1S/C10H19N5OS/c1-7(2)5-15-10(12-13-14-15)17-6-9(16)11-8(3)4/h7-8H,5-6H2,1-4H3,(H,11,16). The molecule has 1 aromatic rings. The molecule has 0 bridgehead atoms. The first-order chi connectivity index (χ1) is 7.99. The maximum Gasteiger partial charge on any atom is 0.230 e. The second kappa shape index (κ2) is 6.58. The summed E-state index contributed by atoms with van der Waals surface area (Å²) in [5.74, 6) is 0.822. The molecule has 1 rings (SSSR count). The molecule has 0 saturated carbocycles. The Morgan fingerprint density at radius 2 is 2.12 bits per heavy atom. The van der Waals surface area contributed by atoms with Gasteiger partial charge in [-0.1, -0.05) is 25.6 Å². The predicted octanol–water partition coefficient (Wildman–Crippen LogP) is 0.946. The van der Waals surface area contributed by atoms with Crippen molar-refractivity contribution >= 4 is 17.7 Å². The molecule has 96 valence electrons. The van der Waals surface area contributed by atoms with E-state index in [1.54, 1.807) is 4.68 Å².